The zero-order chi connectivity index (χ0) is 15.4. The first kappa shape index (κ1) is 14.3. The van der Waals surface area contributed by atoms with E-state index in [1.165, 1.54) is 0 Å². The van der Waals surface area contributed by atoms with Crippen LogP contribution in [-0.2, 0) is 9.47 Å². The Morgan fingerprint density at radius 3 is 2.86 bits per heavy atom. The van der Waals surface area contributed by atoms with Crippen LogP contribution >= 0.6 is 0 Å². The lowest BCUT2D eigenvalue weighted by Crippen LogP contribution is -2.26. The van der Waals surface area contributed by atoms with Gasteiger partial charge in [-0.15, -0.1) is 0 Å². The number of rotatable bonds is 4. The number of imidazole rings is 1. The Balaban J connectivity index is 1.68. The van der Waals surface area contributed by atoms with E-state index in [4.69, 9.17) is 14.7 Å². The summed E-state index contributed by atoms with van der Waals surface area (Å²) in [6.07, 6.45) is 5.16. The maximum absolute atomic E-state index is 12.1. The molecular weight excluding hydrogens is 282 g/mol. The van der Waals surface area contributed by atoms with Crippen LogP contribution in [0.2, 0.25) is 0 Å². The second kappa shape index (κ2) is 6.41. The normalized spacial score (nSPS) is 18.6. The second-order valence-corrected chi connectivity index (χ2v) is 5.10. The monoisotopic (exact) mass is 297 g/mol. The zero-order valence-electron chi connectivity index (χ0n) is 11.9. The highest BCUT2D eigenvalue weighted by atomic mass is 16.5. The highest BCUT2D eigenvalue weighted by Crippen LogP contribution is 2.20. The molecule has 3 rings (SSSR count). The lowest BCUT2D eigenvalue weighted by Gasteiger charge is -2.15. The van der Waals surface area contributed by atoms with Crippen molar-refractivity contribution in [3.63, 3.8) is 0 Å². The number of ether oxygens (including phenoxy) is 2. The van der Waals surface area contributed by atoms with Crippen molar-refractivity contribution in [2.75, 3.05) is 13.2 Å². The molecule has 1 saturated heterocycles. The van der Waals surface area contributed by atoms with Gasteiger partial charge in [0, 0.05) is 30.6 Å². The molecule has 2 aromatic rings. The first-order chi connectivity index (χ1) is 10.8. The van der Waals surface area contributed by atoms with Gasteiger partial charge < -0.3 is 14.0 Å². The summed E-state index contributed by atoms with van der Waals surface area (Å²) < 4.78 is 12.4. The lowest BCUT2D eigenvalue weighted by atomic mass is 10.0. The van der Waals surface area contributed by atoms with Crippen LogP contribution in [0.15, 0.2) is 43.0 Å². The van der Waals surface area contributed by atoms with Crippen molar-refractivity contribution >= 4 is 5.97 Å². The van der Waals surface area contributed by atoms with Crippen LogP contribution in [0.3, 0.4) is 0 Å². The minimum Gasteiger partial charge on any atom is -0.443 e. The van der Waals surface area contributed by atoms with E-state index in [1.54, 1.807) is 36.8 Å². The smallest absolute Gasteiger partial charge is 0.339 e. The Bertz CT molecular complexity index is 668. The Kier molecular flexibility index (Phi) is 4.17. The molecule has 0 saturated carbocycles. The van der Waals surface area contributed by atoms with Crippen molar-refractivity contribution < 1.29 is 14.3 Å². The summed E-state index contributed by atoms with van der Waals surface area (Å²) in [5.74, 6) is -0.533. The van der Waals surface area contributed by atoms with Gasteiger partial charge in [0.25, 0.3) is 0 Å². The van der Waals surface area contributed by atoms with Crippen molar-refractivity contribution in [2.45, 2.75) is 12.5 Å². The zero-order valence-corrected chi connectivity index (χ0v) is 11.9. The molecule has 1 aromatic heterocycles. The number of esters is 1. The van der Waals surface area contributed by atoms with E-state index >= 15 is 0 Å². The van der Waals surface area contributed by atoms with Crippen LogP contribution in [-0.4, -0.2) is 34.8 Å². The Morgan fingerprint density at radius 1 is 1.45 bits per heavy atom. The van der Waals surface area contributed by atoms with Gasteiger partial charge in [0.1, 0.15) is 6.07 Å². The third-order valence-corrected chi connectivity index (χ3v) is 3.66. The minimum atomic E-state index is -0.761. The fraction of sp³-hybridized carbons (Fsp3) is 0.312. The van der Waals surface area contributed by atoms with Crippen LogP contribution in [0.5, 0.6) is 0 Å². The summed E-state index contributed by atoms with van der Waals surface area (Å²) in [5, 5.41) is 9.16. The molecule has 2 heterocycles. The largest absolute Gasteiger partial charge is 0.443 e. The maximum Gasteiger partial charge on any atom is 0.339 e. The number of aromatic nitrogens is 2. The Hall–Kier alpha value is -2.65. The van der Waals surface area contributed by atoms with Gasteiger partial charge in [0.05, 0.1) is 18.5 Å². The topological polar surface area (TPSA) is 77.1 Å². The van der Waals surface area contributed by atoms with Gasteiger partial charge in [0.2, 0.25) is 0 Å². The standard InChI is InChI=1S/C16H15N3O3/c17-9-15(13-5-8-21-10-13)22-16(20)12-1-3-14(4-2-12)19-7-6-18-11-19/h1-4,6-7,11,13,15H,5,8,10H2/t13-,15+/m0/s1. The summed E-state index contributed by atoms with van der Waals surface area (Å²) in [5.41, 5.74) is 1.32. The van der Waals surface area contributed by atoms with E-state index in [0.717, 1.165) is 12.1 Å². The molecule has 0 spiro atoms. The molecule has 0 N–H and O–H groups in total. The number of nitrogens with zero attached hydrogens (tertiary/aromatic N) is 3. The average Bonchev–Trinajstić information content (AvgIpc) is 3.25. The van der Waals surface area contributed by atoms with Gasteiger partial charge in [-0.25, -0.2) is 9.78 Å². The van der Waals surface area contributed by atoms with Crippen LogP contribution in [0.1, 0.15) is 16.8 Å². The van der Waals surface area contributed by atoms with E-state index < -0.39 is 12.1 Å². The van der Waals surface area contributed by atoms with Crippen molar-refractivity contribution in [1.29, 1.82) is 5.26 Å². The molecule has 0 bridgehead atoms. The van der Waals surface area contributed by atoms with E-state index in [2.05, 4.69) is 4.98 Å². The van der Waals surface area contributed by atoms with Gasteiger partial charge in [-0.3, -0.25) is 0 Å². The quantitative estimate of drug-likeness (QED) is 0.806. The molecule has 6 nitrogen and oxygen atoms in total. The number of carbonyl (C=O) groups excluding carboxylic acids is 1. The summed E-state index contributed by atoms with van der Waals surface area (Å²) in [4.78, 5) is 16.1. The van der Waals surface area contributed by atoms with E-state index in [-0.39, 0.29) is 5.92 Å². The number of hydrogen-bond donors (Lipinski definition) is 0. The summed E-state index contributed by atoms with van der Waals surface area (Å²) in [7, 11) is 0. The molecule has 22 heavy (non-hydrogen) atoms. The first-order valence-electron chi connectivity index (χ1n) is 7.04. The first-order valence-corrected chi connectivity index (χ1v) is 7.04. The molecule has 1 aliphatic rings. The van der Waals surface area contributed by atoms with Crippen molar-refractivity contribution in [3.05, 3.63) is 48.5 Å². The molecule has 112 valence electrons. The van der Waals surface area contributed by atoms with E-state index in [1.807, 2.05) is 16.8 Å². The van der Waals surface area contributed by atoms with Crippen LogP contribution in [0.25, 0.3) is 5.69 Å². The van der Waals surface area contributed by atoms with Crippen molar-refractivity contribution in [1.82, 2.24) is 9.55 Å². The van der Waals surface area contributed by atoms with Crippen LogP contribution in [0.4, 0.5) is 0 Å². The van der Waals surface area contributed by atoms with Crippen molar-refractivity contribution in [2.24, 2.45) is 5.92 Å². The summed E-state index contributed by atoms with van der Waals surface area (Å²) in [6.45, 7) is 1.07. The predicted molar refractivity (Wildman–Crippen MR) is 77.3 cm³/mol. The number of nitriles is 1. The molecule has 0 radical (unpaired) electrons. The number of carbonyl (C=O) groups is 1. The molecule has 1 fully saturated rings. The third kappa shape index (κ3) is 3.00. The van der Waals surface area contributed by atoms with E-state index in [9.17, 15) is 4.79 Å². The fourth-order valence-electron chi connectivity index (χ4n) is 2.38. The predicted octanol–water partition coefficient (Wildman–Crippen LogP) is 1.96. The molecule has 0 aliphatic carbocycles. The van der Waals surface area contributed by atoms with Crippen LogP contribution < -0.4 is 0 Å². The number of hydrogen-bond acceptors (Lipinski definition) is 5. The highest BCUT2D eigenvalue weighted by Gasteiger charge is 2.29. The molecule has 0 amide bonds. The molecule has 1 aliphatic heterocycles. The molecule has 1 aromatic carbocycles. The maximum atomic E-state index is 12.1. The third-order valence-electron chi connectivity index (χ3n) is 3.66. The summed E-state index contributed by atoms with van der Waals surface area (Å²) >= 11 is 0. The van der Waals surface area contributed by atoms with E-state index in [0.29, 0.717) is 18.8 Å². The molecular formula is C16H15N3O3. The SMILES string of the molecule is N#C[C@@H](OC(=O)c1ccc(-n2ccnc2)cc1)[C@H]1CCOC1. The lowest BCUT2D eigenvalue weighted by molar-refractivity contribution is 0.0277. The Labute approximate surface area is 127 Å². The van der Waals surface area contributed by atoms with Crippen LogP contribution in [0, 0.1) is 17.2 Å². The summed E-state index contributed by atoms with van der Waals surface area (Å²) in [6, 6.07) is 9.01. The van der Waals surface area contributed by atoms with Gasteiger partial charge in [-0.05, 0) is 30.7 Å². The molecule has 0 unspecified atom stereocenters. The van der Waals surface area contributed by atoms with Gasteiger partial charge >= 0.3 is 5.97 Å². The molecule has 2 atom stereocenters. The van der Waals surface area contributed by atoms with Gasteiger partial charge in [-0.1, -0.05) is 0 Å². The fourth-order valence-corrected chi connectivity index (χ4v) is 2.38. The number of benzene rings is 1. The highest BCUT2D eigenvalue weighted by molar-refractivity contribution is 5.89. The minimum absolute atomic E-state index is 0.0424. The van der Waals surface area contributed by atoms with Gasteiger partial charge in [0.15, 0.2) is 6.10 Å². The van der Waals surface area contributed by atoms with Gasteiger partial charge in [-0.2, -0.15) is 5.26 Å². The van der Waals surface area contributed by atoms with Crippen molar-refractivity contribution in [3.8, 4) is 11.8 Å². The molecule has 6 heteroatoms. The second-order valence-electron chi connectivity index (χ2n) is 5.10. The average molecular weight is 297 g/mol. The Morgan fingerprint density at radius 2 is 2.27 bits per heavy atom.